The van der Waals surface area contributed by atoms with E-state index in [1.807, 2.05) is 24.3 Å². The van der Waals surface area contributed by atoms with Crippen LogP contribution in [0.1, 0.15) is 32.3 Å². The van der Waals surface area contributed by atoms with Crippen LogP contribution >= 0.6 is 11.6 Å². The Balaban J connectivity index is 1.64. The van der Waals surface area contributed by atoms with Crippen LogP contribution in [0.5, 0.6) is 0 Å². The van der Waals surface area contributed by atoms with Gasteiger partial charge in [0.2, 0.25) is 5.91 Å². The molecule has 2 aliphatic rings. The zero-order valence-corrected chi connectivity index (χ0v) is 14.3. The van der Waals surface area contributed by atoms with Crippen LogP contribution in [0.4, 0.5) is 0 Å². The van der Waals surface area contributed by atoms with E-state index in [0.717, 1.165) is 56.2 Å². The van der Waals surface area contributed by atoms with Gasteiger partial charge in [-0.2, -0.15) is 0 Å². The standard InChI is InChI=1S/C18H25ClN2O/c1-14(2)13-20-9-11-21(12-10-20)17(22)18(7-8-18)15-3-5-16(19)6-4-15/h3-6,14H,7-13H2,1-2H3. The molecule has 1 amide bonds. The molecule has 0 aromatic heterocycles. The molecule has 0 atom stereocenters. The predicted octanol–water partition coefficient (Wildman–Crippen LogP) is 3.17. The van der Waals surface area contributed by atoms with E-state index in [1.165, 1.54) is 0 Å². The third-order valence-electron chi connectivity index (χ3n) is 4.84. The van der Waals surface area contributed by atoms with E-state index in [1.54, 1.807) is 0 Å². The molecule has 0 unspecified atom stereocenters. The lowest BCUT2D eigenvalue weighted by molar-refractivity contribution is -0.135. The summed E-state index contributed by atoms with van der Waals surface area (Å²) in [6.45, 7) is 9.35. The third-order valence-corrected chi connectivity index (χ3v) is 5.09. The molecule has 1 saturated heterocycles. The van der Waals surface area contributed by atoms with E-state index in [4.69, 9.17) is 11.6 Å². The highest BCUT2D eigenvalue weighted by Gasteiger charge is 2.53. The Morgan fingerprint density at radius 3 is 2.23 bits per heavy atom. The average Bonchev–Trinajstić information content (AvgIpc) is 3.29. The van der Waals surface area contributed by atoms with Gasteiger partial charge in [0.1, 0.15) is 0 Å². The van der Waals surface area contributed by atoms with Crippen molar-refractivity contribution in [1.82, 2.24) is 9.80 Å². The van der Waals surface area contributed by atoms with E-state index in [2.05, 4.69) is 23.6 Å². The van der Waals surface area contributed by atoms with E-state index < -0.39 is 0 Å². The monoisotopic (exact) mass is 320 g/mol. The molecule has 1 aliphatic heterocycles. The molecular formula is C18H25ClN2O. The van der Waals surface area contributed by atoms with Crippen molar-refractivity contribution in [2.75, 3.05) is 32.7 Å². The van der Waals surface area contributed by atoms with Crippen LogP contribution in [-0.2, 0) is 10.2 Å². The van der Waals surface area contributed by atoms with Gasteiger partial charge in [-0.15, -0.1) is 0 Å². The highest BCUT2D eigenvalue weighted by atomic mass is 35.5. The van der Waals surface area contributed by atoms with E-state index in [-0.39, 0.29) is 5.41 Å². The van der Waals surface area contributed by atoms with Crippen molar-refractivity contribution < 1.29 is 4.79 Å². The van der Waals surface area contributed by atoms with Crippen molar-refractivity contribution in [3.05, 3.63) is 34.9 Å². The Hall–Kier alpha value is -1.06. The van der Waals surface area contributed by atoms with Crippen molar-refractivity contribution in [1.29, 1.82) is 0 Å². The van der Waals surface area contributed by atoms with Crippen molar-refractivity contribution in [3.63, 3.8) is 0 Å². The van der Waals surface area contributed by atoms with Gasteiger partial charge in [-0.05, 0) is 36.5 Å². The van der Waals surface area contributed by atoms with Crippen LogP contribution in [0.25, 0.3) is 0 Å². The van der Waals surface area contributed by atoms with Crippen LogP contribution in [0.2, 0.25) is 5.02 Å². The van der Waals surface area contributed by atoms with Gasteiger partial charge in [0.05, 0.1) is 5.41 Å². The molecule has 0 bridgehead atoms. The number of nitrogens with zero attached hydrogens (tertiary/aromatic N) is 2. The van der Waals surface area contributed by atoms with Crippen molar-refractivity contribution in [2.24, 2.45) is 5.92 Å². The van der Waals surface area contributed by atoms with Gasteiger partial charge in [-0.3, -0.25) is 9.69 Å². The number of carbonyl (C=O) groups excluding carboxylic acids is 1. The molecule has 1 aromatic rings. The van der Waals surface area contributed by atoms with Gasteiger partial charge in [0.25, 0.3) is 0 Å². The summed E-state index contributed by atoms with van der Waals surface area (Å²) < 4.78 is 0. The minimum atomic E-state index is -0.259. The number of rotatable bonds is 4. The normalized spacial score (nSPS) is 21.2. The number of hydrogen-bond acceptors (Lipinski definition) is 2. The first-order valence-corrected chi connectivity index (χ1v) is 8.67. The summed E-state index contributed by atoms with van der Waals surface area (Å²) in [6, 6.07) is 7.82. The van der Waals surface area contributed by atoms with Crippen molar-refractivity contribution in [2.45, 2.75) is 32.1 Å². The first-order chi connectivity index (χ1) is 10.5. The molecule has 22 heavy (non-hydrogen) atoms. The predicted molar refractivity (Wildman–Crippen MR) is 90.2 cm³/mol. The molecule has 0 radical (unpaired) electrons. The fourth-order valence-corrected chi connectivity index (χ4v) is 3.60. The summed E-state index contributed by atoms with van der Waals surface area (Å²) in [5, 5.41) is 0.731. The highest BCUT2D eigenvalue weighted by Crippen LogP contribution is 2.49. The van der Waals surface area contributed by atoms with Crippen molar-refractivity contribution >= 4 is 17.5 Å². The van der Waals surface area contributed by atoms with Crippen molar-refractivity contribution in [3.8, 4) is 0 Å². The van der Waals surface area contributed by atoms with Crippen LogP contribution in [-0.4, -0.2) is 48.4 Å². The molecule has 1 aliphatic carbocycles. The minimum absolute atomic E-state index is 0.259. The second kappa shape index (κ2) is 6.21. The van der Waals surface area contributed by atoms with Crippen LogP contribution < -0.4 is 0 Å². The molecule has 2 fully saturated rings. The summed E-state index contributed by atoms with van der Waals surface area (Å²) >= 11 is 5.97. The van der Waals surface area contributed by atoms with E-state index in [0.29, 0.717) is 11.8 Å². The lowest BCUT2D eigenvalue weighted by Gasteiger charge is -2.37. The molecular weight excluding hydrogens is 296 g/mol. The second-order valence-corrected chi connectivity index (χ2v) is 7.51. The molecule has 3 rings (SSSR count). The Labute approximate surface area is 138 Å². The summed E-state index contributed by atoms with van der Waals surface area (Å²) in [5.74, 6) is 1.00. The summed E-state index contributed by atoms with van der Waals surface area (Å²) in [5.41, 5.74) is 0.872. The Kier molecular flexibility index (Phi) is 4.47. The zero-order chi connectivity index (χ0) is 15.7. The number of carbonyl (C=O) groups is 1. The lowest BCUT2D eigenvalue weighted by atomic mass is 9.94. The Bertz CT molecular complexity index is 529. The molecule has 120 valence electrons. The fraction of sp³-hybridized carbons (Fsp3) is 0.611. The fourth-order valence-electron chi connectivity index (χ4n) is 3.47. The quantitative estimate of drug-likeness (QED) is 0.850. The molecule has 1 saturated carbocycles. The zero-order valence-electron chi connectivity index (χ0n) is 13.5. The summed E-state index contributed by atoms with van der Waals surface area (Å²) in [7, 11) is 0. The van der Waals surface area contributed by atoms with Gasteiger partial charge in [0, 0.05) is 37.7 Å². The average molecular weight is 321 g/mol. The number of piperazine rings is 1. The number of halogens is 1. The van der Waals surface area contributed by atoms with Crippen LogP contribution in [0, 0.1) is 5.92 Å². The first-order valence-electron chi connectivity index (χ1n) is 8.29. The smallest absolute Gasteiger partial charge is 0.233 e. The topological polar surface area (TPSA) is 23.6 Å². The molecule has 1 aromatic carbocycles. The minimum Gasteiger partial charge on any atom is -0.339 e. The van der Waals surface area contributed by atoms with E-state index >= 15 is 0 Å². The molecule has 4 heteroatoms. The maximum absolute atomic E-state index is 13.0. The number of benzene rings is 1. The summed E-state index contributed by atoms with van der Waals surface area (Å²) in [6.07, 6.45) is 1.94. The van der Waals surface area contributed by atoms with Gasteiger partial charge in [-0.1, -0.05) is 37.6 Å². The largest absolute Gasteiger partial charge is 0.339 e. The Morgan fingerprint density at radius 1 is 1.14 bits per heavy atom. The van der Waals surface area contributed by atoms with Gasteiger partial charge < -0.3 is 4.90 Å². The SMILES string of the molecule is CC(C)CN1CCN(C(=O)C2(c3ccc(Cl)cc3)CC2)CC1. The lowest BCUT2D eigenvalue weighted by Crippen LogP contribution is -2.52. The molecule has 0 N–H and O–H groups in total. The molecule has 0 spiro atoms. The van der Waals surface area contributed by atoms with E-state index in [9.17, 15) is 4.79 Å². The first kappa shape index (κ1) is 15.8. The molecule has 1 heterocycles. The maximum Gasteiger partial charge on any atom is 0.233 e. The highest BCUT2D eigenvalue weighted by molar-refractivity contribution is 6.30. The second-order valence-electron chi connectivity index (χ2n) is 7.08. The number of hydrogen-bond donors (Lipinski definition) is 0. The summed E-state index contributed by atoms with van der Waals surface area (Å²) in [4.78, 5) is 17.5. The van der Waals surface area contributed by atoms with Crippen LogP contribution in [0.15, 0.2) is 24.3 Å². The van der Waals surface area contributed by atoms with Gasteiger partial charge in [-0.25, -0.2) is 0 Å². The maximum atomic E-state index is 13.0. The third kappa shape index (κ3) is 3.16. The van der Waals surface area contributed by atoms with Crippen LogP contribution in [0.3, 0.4) is 0 Å². The van der Waals surface area contributed by atoms with Gasteiger partial charge >= 0.3 is 0 Å². The van der Waals surface area contributed by atoms with Gasteiger partial charge in [0.15, 0.2) is 0 Å². The Morgan fingerprint density at radius 2 is 1.73 bits per heavy atom. The molecule has 3 nitrogen and oxygen atoms in total. The number of amides is 1.